The van der Waals surface area contributed by atoms with Gasteiger partial charge in [0.05, 0.1) is 24.3 Å². The lowest BCUT2D eigenvalue weighted by Gasteiger charge is -2.09. The van der Waals surface area contributed by atoms with Crippen LogP contribution in [0.25, 0.3) is 22.2 Å². The molecule has 0 saturated carbocycles. The van der Waals surface area contributed by atoms with Gasteiger partial charge < -0.3 is 15.2 Å². The zero-order valence-electron chi connectivity index (χ0n) is 16.3. The second-order valence-corrected chi connectivity index (χ2v) is 6.64. The number of nitrogens with one attached hydrogen (secondary N) is 2. The van der Waals surface area contributed by atoms with Crippen LogP contribution in [0.3, 0.4) is 0 Å². The Kier molecular flexibility index (Phi) is 5.43. The lowest BCUT2D eigenvalue weighted by atomic mass is 10.0. The summed E-state index contributed by atoms with van der Waals surface area (Å²) in [5, 5.41) is 15.3. The molecule has 1 aromatic heterocycles. The molecule has 4 aromatic rings. The van der Waals surface area contributed by atoms with Gasteiger partial charge in [-0.1, -0.05) is 42.5 Å². The predicted octanol–water partition coefficient (Wildman–Crippen LogP) is 4.33. The second kappa shape index (κ2) is 8.48. The first-order chi connectivity index (χ1) is 14.6. The van der Waals surface area contributed by atoms with Crippen LogP contribution in [0.4, 0.5) is 10.6 Å². The number of rotatable bonds is 5. The zero-order chi connectivity index (χ0) is 20.9. The van der Waals surface area contributed by atoms with Crippen LogP contribution in [0, 0.1) is 0 Å². The molecule has 1 heterocycles. The summed E-state index contributed by atoms with van der Waals surface area (Å²) in [7, 11) is 1.51. The van der Waals surface area contributed by atoms with Crippen molar-refractivity contribution < 1.29 is 14.6 Å². The summed E-state index contributed by atoms with van der Waals surface area (Å²) in [6.45, 7) is 0.417. The summed E-state index contributed by atoms with van der Waals surface area (Å²) in [5.74, 6) is 0.826. The summed E-state index contributed by atoms with van der Waals surface area (Å²) in [6, 6.07) is 20.1. The van der Waals surface area contributed by atoms with Gasteiger partial charge in [-0.2, -0.15) is 0 Å². The molecule has 2 amide bonds. The van der Waals surface area contributed by atoms with E-state index in [4.69, 9.17) is 4.74 Å². The van der Waals surface area contributed by atoms with Crippen molar-refractivity contribution in [2.24, 2.45) is 0 Å². The van der Waals surface area contributed by atoms with Crippen molar-refractivity contribution in [1.29, 1.82) is 0 Å². The number of methoxy groups -OCH3 is 1. The van der Waals surface area contributed by atoms with Crippen LogP contribution in [-0.4, -0.2) is 28.2 Å². The van der Waals surface area contributed by atoms with E-state index in [2.05, 4.69) is 20.6 Å². The smallest absolute Gasteiger partial charge is 0.320 e. The second-order valence-electron chi connectivity index (χ2n) is 6.64. The van der Waals surface area contributed by atoms with Crippen molar-refractivity contribution in [3.05, 3.63) is 78.5 Å². The summed E-state index contributed by atoms with van der Waals surface area (Å²) in [4.78, 5) is 21.1. The highest BCUT2D eigenvalue weighted by Crippen LogP contribution is 2.32. The number of phenols is 1. The lowest BCUT2D eigenvalue weighted by molar-refractivity contribution is 0.251. The number of benzene rings is 3. The Balaban J connectivity index is 1.52. The van der Waals surface area contributed by atoms with Gasteiger partial charge in [-0.25, -0.2) is 9.78 Å². The first-order valence-corrected chi connectivity index (χ1v) is 9.35. The number of hydrogen-bond acceptors (Lipinski definition) is 5. The van der Waals surface area contributed by atoms with Crippen LogP contribution in [-0.2, 0) is 6.54 Å². The summed E-state index contributed by atoms with van der Waals surface area (Å²) >= 11 is 0. The third kappa shape index (κ3) is 4.30. The van der Waals surface area contributed by atoms with Crippen LogP contribution < -0.4 is 15.4 Å². The maximum Gasteiger partial charge on any atom is 0.320 e. The average Bonchev–Trinajstić information content (AvgIpc) is 2.78. The van der Waals surface area contributed by atoms with E-state index in [1.54, 1.807) is 18.2 Å². The molecule has 3 N–H and O–H groups in total. The first-order valence-electron chi connectivity index (χ1n) is 9.35. The monoisotopic (exact) mass is 400 g/mol. The molecule has 7 nitrogen and oxygen atoms in total. The minimum absolute atomic E-state index is 0.0785. The van der Waals surface area contributed by atoms with Gasteiger partial charge in [0.1, 0.15) is 0 Å². The van der Waals surface area contributed by atoms with Crippen molar-refractivity contribution in [2.45, 2.75) is 6.54 Å². The number of urea groups is 1. The normalized spacial score (nSPS) is 10.6. The van der Waals surface area contributed by atoms with Gasteiger partial charge in [0.25, 0.3) is 0 Å². The van der Waals surface area contributed by atoms with Crippen LogP contribution in [0.1, 0.15) is 5.56 Å². The Bertz CT molecular complexity index is 1200. The molecule has 0 aliphatic heterocycles. The summed E-state index contributed by atoms with van der Waals surface area (Å²) in [6.07, 6.45) is 1.52. The molecule has 7 heteroatoms. The third-order valence-corrected chi connectivity index (χ3v) is 4.59. The van der Waals surface area contributed by atoms with Crippen LogP contribution in [0.5, 0.6) is 11.5 Å². The van der Waals surface area contributed by atoms with Crippen molar-refractivity contribution in [3.63, 3.8) is 0 Å². The Morgan fingerprint density at radius 2 is 1.77 bits per heavy atom. The fraction of sp³-hybridized carbons (Fsp3) is 0.0870. The lowest BCUT2D eigenvalue weighted by Crippen LogP contribution is -2.28. The van der Waals surface area contributed by atoms with Crippen molar-refractivity contribution in [2.75, 3.05) is 12.4 Å². The quantitative estimate of drug-likeness (QED) is 0.463. The van der Waals surface area contributed by atoms with Gasteiger partial charge in [0.2, 0.25) is 0 Å². The minimum atomic E-state index is -0.355. The molecule has 0 aliphatic rings. The third-order valence-electron chi connectivity index (χ3n) is 4.59. The van der Waals surface area contributed by atoms with Gasteiger partial charge in [0.15, 0.2) is 17.3 Å². The van der Waals surface area contributed by atoms with Crippen molar-refractivity contribution in [1.82, 2.24) is 15.3 Å². The summed E-state index contributed by atoms with van der Waals surface area (Å²) < 4.78 is 5.18. The molecule has 0 atom stereocenters. The number of fused-ring (bicyclic) bond motifs is 1. The van der Waals surface area contributed by atoms with Crippen molar-refractivity contribution in [3.8, 4) is 22.6 Å². The molecule has 3 aromatic carbocycles. The van der Waals surface area contributed by atoms with E-state index >= 15 is 0 Å². The highest BCUT2D eigenvalue weighted by Gasteiger charge is 2.08. The number of phenolic OH excluding ortho intramolecular Hbond substituents is 1. The summed E-state index contributed by atoms with van der Waals surface area (Å²) in [5.41, 5.74) is 4.11. The van der Waals surface area contributed by atoms with E-state index in [9.17, 15) is 9.90 Å². The molecule has 0 aliphatic carbocycles. The maximum atomic E-state index is 12.2. The number of ether oxygens (including phenoxy) is 1. The van der Waals surface area contributed by atoms with Crippen LogP contribution in [0.15, 0.2) is 72.9 Å². The van der Waals surface area contributed by atoms with Gasteiger partial charge in [-0.15, -0.1) is 0 Å². The number of anilines is 1. The zero-order valence-corrected chi connectivity index (χ0v) is 16.3. The SMILES string of the molecule is COc1cc(-c2ccc3ncc(NC(=O)NCc4ccccc4)nc3c2)ccc1O. The van der Waals surface area contributed by atoms with E-state index in [1.165, 1.54) is 13.3 Å². The molecule has 0 saturated heterocycles. The van der Waals surface area contributed by atoms with E-state index in [0.717, 1.165) is 16.7 Å². The largest absolute Gasteiger partial charge is 0.504 e. The fourth-order valence-corrected chi connectivity index (χ4v) is 3.05. The first kappa shape index (κ1) is 19.2. The Hall–Kier alpha value is -4.13. The molecule has 0 bridgehead atoms. The maximum absolute atomic E-state index is 12.2. The Labute approximate surface area is 173 Å². The molecule has 0 unspecified atom stereocenters. The number of aromatic nitrogens is 2. The molecule has 150 valence electrons. The molecule has 0 radical (unpaired) electrons. The van der Waals surface area contributed by atoms with Crippen LogP contribution >= 0.6 is 0 Å². The number of aromatic hydroxyl groups is 1. The molecular weight excluding hydrogens is 380 g/mol. The number of carbonyl (C=O) groups is 1. The molecule has 0 fully saturated rings. The van der Waals surface area contributed by atoms with E-state index in [-0.39, 0.29) is 11.8 Å². The number of nitrogens with zero attached hydrogens (tertiary/aromatic N) is 2. The topological polar surface area (TPSA) is 96.4 Å². The van der Waals surface area contributed by atoms with Gasteiger partial charge in [0, 0.05) is 6.54 Å². The molecule has 30 heavy (non-hydrogen) atoms. The molecule has 4 rings (SSSR count). The highest BCUT2D eigenvalue weighted by atomic mass is 16.5. The number of carbonyl (C=O) groups excluding carboxylic acids is 1. The van der Waals surface area contributed by atoms with E-state index in [0.29, 0.717) is 29.1 Å². The standard InChI is InChI=1S/C23H20N4O3/c1-30-21-12-17(8-10-20(21)28)16-7-9-18-19(11-16)26-22(14-24-18)27-23(29)25-13-15-5-3-2-4-6-15/h2-12,14,28H,13H2,1H3,(H2,25,26,27,29). The Morgan fingerprint density at radius 3 is 2.57 bits per heavy atom. The fourth-order valence-electron chi connectivity index (χ4n) is 3.05. The highest BCUT2D eigenvalue weighted by molar-refractivity contribution is 5.90. The van der Waals surface area contributed by atoms with E-state index < -0.39 is 0 Å². The number of amides is 2. The van der Waals surface area contributed by atoms with Crippen LogP contribution in [0.2, 0.25) is 0 Å². The van der Waals surface area contributed by atoms with E-state index in [1.807, 2.05) is 48.5 Å². The van der Waals surface area contributed by atoms with Gasteiger partial charge in [-0.3, -0.25) is 10.3 Å². The van der Waals surface area contributed by atoms with Crippen molar-refractivity contribution >= 4 is 22.9 Å². The average molecular weight is 400 g/mol. The minimum Gasteiger partial charge on any atom is -0.504 e. The van der Waals surface area contributed by atoms with Gasteiger partial charge >= 0.3 is 6.03 Å². The molecule has 0 spiro atoms. The predicted molar refractivity (Wildman–Crippen MR) is 115 cm³/mol. The van der Waals surface area contributed by atoms with Gasteiger partial charge in [-0.05, 0) is 41.0 Å². The number of hydrogen-bond donors (Lipinski definition) is 3. The Morgan fingerprint density at radius 1 is 1.00 bits per heavy atom. The molecular formula is C23H20N4O3.